The first-order valence-corrected chi connectivity index (χ1v) is 12.4. The zero-order valence-corrected chi connectivity index (χ0v) is 21.4. The highest BCUT2D eigenvalue weighted by atomic mass is 19.4. The summed E-state index contributed by atoms with van der Waals surface area (Å²) in [5.41, 5.74) is 7.79. The average molecular weight is 568 g/mol. The van der Waals surface area contributed by atoms with Gasteiger partial charge in [0.15, 0.2) is 5.82 Å². The molecule has 13 heteroatoms. The third kappa shape index (κ3) is 6.21. The fourth-order valence-electron chi connectivity index (χ4n) is 4.48. The number of rotatable bonds is 9. The lowest BCUT2D eigenvalue weighted by atomic mass is 9.97. The maximum atomic E-state index is 13.6. The van der Waals surface area contributed by atoms with Crippen LogP contribution in [0.1, 0.15) is 15.9 Å². The maximum Gasteiger partial charge on any atom is 0.573 e. The van der Waals surface area contributed by atoms with Gasteiger partial charge in [-0.2, -0.15) is 5.10 Å². The van der Waals surface area contributed by atoms with E-state index in [0.717, 1.165) is 17.7 Å². The predicted molar refractivity (Wildman–Crippen MR) is 139 cm³/mol. The molecule has 1 aliphatic rings. The minimum atomic E-state index is -4.85. The Kier molecular flexibility index (Phi) is 7.72. The Labute approximate surface area is 231 Å². The molecule has 0 spiro atoms. The largest absolute Gasteiger partial charge is 0.573 e. The van der Waals surface area contributed by atoms with Crippen molar-refractivity contribution in [3.05, 3.63) is 96.3 Å². The molecular weight excluding hydrogens is 543 g/mol. The van der Waals surface area contributed by atoms with Gasteiger partial charge in [0, 0.05) is 18.0 Å². The van der Waals surface area contributed by atoms with Crippen LogP contribution in [0.4, 0.5) is 13.2 Å². The van der Waals surface area contributed by atoms with E-state index in [1.165, 1.54) is 29.1 Å². The molecule has 2 amide bonds. The van der Waals surface area contributed by atoms with Crippen molar-refractivity contribution >= 4 is 11.8 Å². The molecule has 2 aromatic carbocycles. The molecule has 0 aliphatic carbocycles. The zero-order valence-electron chi connectivity index (χ0n) is 21.4. The van der Waals surface area contributed by atoms with Crippen LogP contribution in [0.3, 0.4) is 0 Å². The van der Waals surface area contributed by atoms with E-state index in [2.05, 4.69) is 20.1 Å². The molecule has 41 heavy (non-hydrogen) atoms. The molecule has 1 unspecified atom stereocenters. The molecule has 1 saturated heterocycles. The predicted octanol–water partition coefficient (Wildman–Crippen LogP) is 3.40. The van der Waals surface area contributed by atoms with Gasteiger partial charge in [0.25, 0.3) is 17.6 Å². The van der Waals surface area contributed by atoms with Crippen LogP contribution in [0.2, 0.25) is 0 Å². The smallest absolute Gasteiger partial charge is 0.406 e. The lowest BCUT2D eigenvalue weighted by Gasteiger charge is -2.33. The molecule has 0 saturated carbocycles. The van der Waals surface area contributed by atoms with Crippen LogP contribution in [0.5, 0.6) is 5.75 Å². The summed E-state index contributed by atoms with van der Waals surface area (Å²) < 4.78 is 54.3. The lowest BCUT2D eigenvalue weighted by molar-refractivity contribution is -0.274. The van der Waals surface area contributed by atoms with Gasteiger partial charge < -0.3 is 25.3 Å². The van der Waals surface area contributed by atoms with Gasteiger partial charge >= 0.3 is 6.36 Å². The van der Waals surface area contributed by atoms with Crippen LogP contribution in [-0.2, 0) is 20.7 Å². The second kappa shape index (κ2) is 11.4. The number of carbonyl (C=O) groups is 2. The normalized spacial score (nSPS) is 15.3. The number of amides is 2. The number of primary amides is 1. The Balaban J connectivity index is 1.43. The molecule has 0 radical (unpaired) electrons. The van der Waals surface area contributed by atoms with E-state index in [9.17, 15) is 22.8 Å². The first-order chi connectivity index (χ1) is 19.6. The van der Waals surface area contributed by atoms with Crippen LogP contribution in [-0.4, -0.2) is 58.0 Å². The monoisotopic (exact) mass is 567 g/mol. The summed E-state index contributed by atoms with van der Waals surface area (Å²) in [6.45, 7) is 0.0860. The SMILES string of the molecule is NC(=O)C1(C(Cc2ccc(OC(F)(F)F)cc2)NC(=O)c2cccnc2-n2ccc(-c3ccccc3)n2)OCCO1. The number of ether oxygens (including phenoxy) is 3. The summed E-state index contributed by atoms with van der Waals surface area (Å²) in [6, 6.07) is 18.2. The van der Waals surface area contributed by atoms with E-state index in [-0.39, 0.29) is 31.0 Å². The highest BCUT2D eigenvalue weighted by Crippen LogP contribution is 2.29. The van der Waals surface area contributed by atoms with Crippen LogP contribution in [0.15, 0.2) is 85.2 Å². The van der Waals surface area contributed by atoms with Gasteiger partial charge in [-0.3, -0.25) is 9.59 Å². The van der Waals surface area contributed by atoms with E-state index in [1.807, 2.05) is 30.3 Å². The molecule has 10 nitrogen and oxygen atoms in total. The van der Waals surface area contributed by atoms with Crippen LogP contribution in [0, 0.1) is 0 Å². The molecule has 2 aromatic heterocycles. The summed E-state index contributed by atoms with van der Waals surface area (Å²) in [7, 11) is 0. The average Bonchev–Trinajstić information content (AvgIpc) is 3.65. The Hall–Kier alpha value is -4.75. The number of hydrogen-bond donors (Lipinski definition) is 2. The van der Waals surface area contributed by atoms with E-state index in [1.54, 1.807) is 18.3 Å². The number of nitrogens with two attached hydrogens (primary N) is 1. The van der Waals surface area contributed by atoms with Crippen molar-refractivity contribution < 1.29 is 37.0 Å². The molecule has 4 aromatic rings. The minimum Gasteiger partial charge on any atom is -0.406 e. The standard InChI is InChI=1S/C28H24F3N5O5/c29-28(30,31)41-20-10-8-18(9-11-20)17-23(27(26(32)38)39-15-16-40-27)34-25(37)21-7-4-13-33-24(21)36-14-12-22(35-36)19-5-2-1-3-6-19/h1-14,23H,15-17H2,(H2,32,38)(H,34,37). The fourth-order valence-corrected chi connectivity index (χ4v) is 4.48. The van der Waals surface area contributed by atoms with E-state index in [0.29, 0.717) is 11.3 Å². The number of carbonyl (C=O) groups excluding carboxylic acids is 2. The van der Waals surface area contributed by atoms with Crippen molar-refractivity contribution in [2.75, 3.05) is 13.2 Å². The first-order valence-electron chi connectivity index (χ1n) is 12.4. The van der Waals surface area contributed by atoms with Gasteiger partial charge in [-0.05, 0) is 42.3 Å². The van der Waals surface area contributed by atoms with Gasteiger partial charge in [0.05, 0.1) is 30.5 Å². The minimum absolute atomic E-state index is 0.0430. The number of benzene rings is 2. The molecule has 3 N–H and O–H groups in total. The van der Waals surface area contributed by atoms with Crippen molar-refractivity contribution in [3.8, 4) is 22.8 Å². The summed E-state index contributed by atoms with van der Waals surface area (Å²) in [6.07, 6.45) is -1.75. The highest BCUT2D eigenvalue weighted by molar-refractivity contribution is 5.98. The maximum absolute atomic E-state index is 13.6. The van der Waals surface area contributed by atoms with Gasteiger partial charge in [0.1, 0.15) is 5.75 Å². The van der Waals surface area contributed by atoms with E-state index < -0.39 is 35.8 Å². The third-order valence-corrected chi connectivity index (χ3v) is 6.33. The quantitative estimate of drug-likeness (QED) is 0.317. The number of nitrogens with one attached hydrogen (secondary N) is 1. The number of hydrogen-bond acceptors (Lipinski definition) is 7. The third-order valence-electron chi connectivity index (χ3n) is 6.33. The van der Waals surface area contributed by atoms with Gasteiger partial charge in [0.2, 0.25) is 0 Å². The highest BCUT2D eigenvalue weighted by Gasteiger charge is 2.51. The van der Waals surface area contributed by atoms with E-state index in [4.69, 9.17) is 15.2 Å². The summed E-state index contributed by atoms with van der Waals surface area (Å²) in [5.74, 6) is -3.81. The molecule has 1 fully saturated rings. The van der Waals surface area contributed by atoms with Crippen molar-refractivity contribution in [2.24, 2.45) is 5.73 Å². The van der Waals surface area contributed by atoms with Crippen LogP contribution < -0.4 is 15.8 Å². The Morgan fingerprint density at radius 2 is 1.73 bits per heavy atom. The van der Waals surface area contributed by atoms with Crippen molar-refractivity contribution in [3.63, 3.8) is 0 Å². The molecule has 0 bridgehead atoms. The van der Waals surface area contributed by atoms with Crippen molar-refractivity contribution in [1.29, 1.82) is 0 Å². The molecular formula is C28H24F3N5O5. The fraction of sp³-hybridized carbons (Fsp3) is 0.214. The Morgan fingerprint density at radius 1 is 1.02 bits per heavy atom. The summed E-state index contributed by atoms with van der Waals surface area (Å²) in [4.78, 5) is 30.5. The molecule has 1 atom stereocenters. The van der Waals surface area contributed by atoms with Crippen LogP contribution >= 0.6 is 0 Å². The number of pyridine rings is 1. The van der Waals surface area contributed by atoms with Gasteiger partial charge in [-0.25, -0.2) is 9.67 Å². The Morgan fingerprint density at radius 3 is 2.39 bits per heavy atom. The molecule has 212 valence electrons. The summed E-state index contributed by atoms with van der Waals surface area (Å²) in [5, 5.41) is 7.32. The van der Waals surface area contributed by atoms with Crippen LogP contribution in [0.25, 0.3) is 17.1 Å². The molecule has 3 heterocycles. The topological polar surface area (TPSA) is 131 Å². The van der Waals surface area contributed by atoms with Gasteiger partial charge in [-0.15, -0.1) is 13.2 Å². The van der Waals surface area contributed by atoms with E-state index >= 15 is 0 Å². The molecule has 1 aliphatic heterocycles. The number of aromatic nitrogens is 3. The summed E-state index contributed by atoms with van der Waals surface area (Å²) >= 11 is 0. The zero-order chi connectivity index (χ0) is 29.0. The number of nitrogens with zero attached hydrogens (tertiary/aromatic N) is 3. The second-order valence-electron chi connectivity index (χ2n) is 9.04. The lowest BCUT2D eigenvalue weighted by Crippen LogP contribution is -2.61. The van der Waals surface area contributed by atoms with Crippen molar-refractivity contribution in [2.45, 2.75) is 24.6 Å². The Bertz CT molecular complexity index is 1520. The first kappa shape index (κ1) is 27.8. The number of halogens is 3. The molecule has 5 rings (SSSR count). The number of alkyl halides is 3. The van der Waals surface area contributed by atoms with Gasteiger partial charge in [-0.1, -0.05) is 42.5 Å². The van der Waals surface area contributed by atoms with Crippen molar-refractivity contribution in [1.82, 2.24) is 20.1 Å². The second-order valence-corrected chi connectivity index (χ2v) is 9.04.